The number of rotatable bonds is 6. The first kappa shape index (κ1) is 17.8. The number of nitrogens with zero attached hydrogens (tertiary/aromatic N) is 1. The van der Waals surface area contributed by atoms with E-state index in [4.69, 9.17) is 9.84 Å². The Morgan fingerprint density at radius 2 is 1.72 bits per heavy atom. The topological polar surface area (TPSA) is 66.8 Å². The fourth-order valence-corrected chi connectivity index (χ4v) is 3.74. The molecule has 0 atom stereocenters. The maximum atomic E-state index is 12.6. The van der Waals surface area contributed by atoms with Crippen molar-refractivity contribution in [3.8, 4) is 0 Å². The number of carbonyl (C=O) groups is 2. The highest BCUT2D eigenvalue weighted by Gasteiger charge is 2.34. The molecule has 0 bridgehead atoms. The van der Waals surface area contributed by atoms with E-state index >= 15 is 0 Å². The molecule has 5 nitrogen and oxygen atoms in total. The van der Waals surface area contributed by atoms with Crippen molar-refractivity contribution in [3.63, 3.8) is 0 Å². The predicted octanol–water partition coefficient (Wildman–Crippen LogP) is 4.07. The monoisotopic (exact) mass is 345 g/mol. The summed E-state index contributed by atoms with van der Waals surface area (Å²) in [5.74, 6) is -0.504. The van der Waals surface area contributed by atoms with Crippen LogP contribution in [0.25, 0.3) is 0 Å². The normalized spacial score (nSPS) is 23.5. The summed E-state index contributed by atoms with van der Waals surface area (Å²) in [5.41, 5.74) is 0.992. The standard InChI is InChI=1S/C20H27NO4/c22-19(23)17-11-9-15(10-12-17)13-21(18-7-4-8-18)20(24)25-14-16-5-2-1-3-6-16/h1-3,5-6,15,17-18H,4,7-14H2,(H,22,23). The minimum Gasteiger partial charge on any atom is -0.481 e. The molecular weight excluding hydrogens is 318 g/mol. The van der Waals surface area contributed by atoms with Crippen molar-refractivity contribution in [1.82, 2.24) is 4.90 Å². The van der Waals surface area contributed by atoms with Gasteiger partial charge in [-0.2, -0.15) is 0 Å². The molecule has 136 valence electrons. The van der Waals surface area contributed by atoms with Crippen LogP contribution in [0.4, 0.5) is 4.79 Å². The van der Waals surface area contributed by atoms with Crippen LogP contribution in [0.1, 0.15) is 50.5 Å². The highest BCUT2D eigenvalue weighted by atomic mass is 16.6. The Balaban J connectivity index is 1.53. The largest absolute Gasteiger partial charge is 0.481 e. The minimum absolute atomic E-state index is 0.210. The van der Waals surface area contributed by atoms with E-state index in [1.165, 1.54) is 6.42 Å². The van der Waals surface area contributed by atoms with Crippen molar-refractivity contribution in [1.29, 1.82) is 0 Å². The second-order valence-corrected chi connectivity index (χ2v) is 7.33. The third-order valence-corrected chi connectivity index (χ3v) is 5.61. The van der Waals surface area contributed by atoms with Gasteiger partial charge < -0.3 is 14.7 Å². The number of carboxylic acids is 1. The highest BCUT2D eigenvalue weighted by Crippen LogP contribution is 2.32. The van der Waals surface area contributed by atoms with Crippen LogP contribution >= 0.6 is 0 Å². The molecule has 3 rings (SSSR count). The van der Waals surface area contributed by atoms with Gasteiger partial charge in [0.1, 0.15) is 6.61 Å². The predicted molar refractivity (Wildman–Crippen MR) is 94.1 cm³/mol. The van der Waals surface area contributed by atoms with Gasteiger partial charge in [0.15, 0.2) is 0 Å². The summed E-state index contributed by atoms with van der Waals surface area (Å²) >= 11 is 0. The summed E-state index contributed by atoms with van der Waals surface area (Å²) < 4.78 is 5.54. The van der Waals surface area contributed by atoms with Gasteiger partial charge in [0.2, 0.25) is 0 Å². The van der Waals surface area contributed by atoms with E-state index in [9.17, 15) is 9.59 Å². The summed E-state index contributed by atoms with van der Waals surface area (Å²) in [6, 6.07) is 10.0. The van der Waals surface area contributed by atoms with Gasteiger partial charge in [-0.3, -0.25) is 4.79 Å². The zero-order chi connectivity index (χ0) is 17.6. The molecular formula is C20H27NO4. The van der Waals surface area contributed by atoms with E-state index in [-0.39, 0.29) is 12.0 Å². The Morgan fingerprint density at radius 1 is 1.04 bits per heavy atom. The molecule has 2 fully saturated rings. The Kier molecular flexibility index (Phi) is 5.95. The first-order chi connectivity index (χ1) is 12.1. The molecule has 0 heterocycles. The Hall–Kier alpha value is -2.04. The zero-order valence-corrected chi connectivity index (χ0v) is 14.6. The Bertz CT molecular complexity index is 577. The van der Waals surface area contributed by atoms with Crippen LogP contribution in [0.15, 0.2) is 30.3 Å². The van der Waals surface area contributed by atoms with Gasteiger partial charge in [-0.05, 0) is 56.4 Å². The molecule has 2 aliphatic carbocycles. The lowest BCUT2D eigenvalue weighted by Crippen LogP contribution is -2.47. The van der Waals surface area contributed by atoms with Gasteiger partial charge in [0.25, 0.3) is 0 Å². The van der Waals surface area contributed by atoms with Crippen LogP contribution in [0.3, 0.4) is 0 Å². The van der Waals surface area contributed by atoms with Crippen LogP contribution in [0.5, 0.6) is 0 Å². The summed E-state index contributed by atoms with van der Waals surface area (Å²) in [6.45, 7) is 0.999. The van der Waals surface area contributed by atoms with Crippen molar-refractivity contribution >= 4 is 12.1 Å². The lowest BCUT2D eigenvalue weighted by Gasteiger charge is -2.39. The molecule has 2 saturated carbocycles. The number of carboxylic acid groups (broad SMARTS) is 1. The maximum absolute atomic E-state index is 12.6. The quantitative estimate of drug-likeness (QED) is 0.844. The fourth-order valence-electron chi connectivity index (χ4n) is 3.74. The molecule has 0 unspecified atom stereocenters. The number of hydrogen-bond donors (Lipinski definition) is 1. The Labute approximate surface area is 149 Å². The Morgan fingerprint density at radius 3 is 2.28 bits per heavy atom. The third kappa shape index (κ3) is 4.74. The lowest BCUT2D eigenvalue weighted by atomic mass is 9.81. The number of amides is 1. The van der Waals surface area contributed by atoms with E-state index in [2.05, 4.69) is 0 Å². The molecule has 25 heavy (non-hydrogen) atoms. The average Bonchev–Trinajstić information content (AvgIpc) is 2.59. The van der Waals surface area contributed by atoms with Gasteiger partial charge in [-0.25, -0.2) is 4.79 Å². The van der Waals surface area contributed by atoms with Crippen LogP contribution in [-0.2, 0) is 16.1 Å². The molecule has 1 aromatic carbocycles. The molecule has 1 N–H and O–H groups in total. The fraction of sp³-hybridized carbons (Fsp3) is 0.600. The average molecular weight is 345 g/mol. The molecule has 0 aromatic heterocycles. The smallest absolute Gasteiger partial charge is 0.410 e. The van der Waals surface area contributed by atoms with Crippen LogP contribution in [-0.4, -0.2) is 34.7 Å². The summed E-state index contributed by atoms with van der Waals surface area (Å²) in [7, 11) is 0. The zero-order valence-electron chi connectivity index (χ0n) is 14.6. The molecule has 5 heteroatoms. The van der Waals surface area contributed by atoms with Crippen molar-refractivity contribution in [2.75, 3.05) is 6.54 Å². The van der Waals surface area contributed by atoms with Gasteiger partial charge in [0.05, 0.1) is 5.92 Å². The van der Waals surface area contributed by atoms with Crippen LogP contribution < -0.4 is 0 Å². The molecule has 0 spiro atoms. The van der Waals surface area contributed by atoms with E-state index in [0.717, 1.165) is 44.1 Å². The van der Waals surface area contributed by atoms with Crippen molar-refractivity contribution in [3.05, 3.63) is 35.9 Å². The van der Waals surface area contributed by atoms with Crippen molar-refractivity contribution < 1.29 is 19.4 Å². The molecule has 2 aliphatic rings. The van der Waals surface area contributed by atoms with E-state index in [0.29, 0.717) is 25.1 Å². The second-order valence-electron chi connectivity index (χ2n) is 7.33. The second kappa shape index (κ2) is 8.37. The summed E-state index contributed by atoms with van der Waals surface area (Å²) in [6.07, 6.45) is 6.23. The van der Waals surface area contributed by atoms with Gasteiger partial charge >= 0.3 is 12.1 Å². The molecule has 0 saturated heterocycles. The first-order valence-electron chi connectivity index (χ1n) is 9.33. The van der Waals surface area contributed by atoms with Crippen molar-refractivity contribution in [2.24, 2.45) is 11.8 Å². The molecule has 1 aromatic rings. The summed E-state index contributed by atoms with van der Waals surface area (Å²) in [4.78, 5) is 25.6. The maximum Gasteiger partial charge on any atom is 0.410 e. The number of hydrogen-bond acceptors (Lipinski definition) is 3. The van der Waals surface area contributed by atoms with E-state index in [1.807, 2.05) is 35.2 Å². The molecule has 1 amide bonds. The first-order valence-corrected chi connectivity index (χ1v) is 9.33. The molecule has 0 aliphatic heterocycles. The number of aliphatic carboxylic acids is 1. The highest BCUT2D eigenvalue weighted by molar-refractivity contribution is 5.70. The SMILES string of the molecule is O=C(O)C1CCC(CN(C(=O)OCc2ccccc2)C2CCC2)CC1. The number of carbonyl (C=O) groups excluding carboxylic acids is 1. The van der Waals surface area contributed by atoms with Crippen LogP contribution in [0.2, 0.25) is 0 Å². The van der Waals surface area contributed by atoms with Gasteiger partial charge in [0, 0.05) is 12.6 Å². The third-order valence-electron chi connectivity index (χ3n) is 5.61. The van der Waals surface area contributed by atoms with Gasteiger partial charge in [-0.1, -0.05) is 30.3 Å². The minimum atomic E-state index is -0.684. The number of benzene rings is 1. The molecule has 0 radical (unpaired) electrons. The van der Waals surface area contributed by atoms with Crippen molar-refractivity contribution in [2.45, 2.75) is 57.6 Å². The van der Waals surface area contributed by atoms with E-state index < -0.39 is 5.97 Å². The summed E-state index contributed by atoms with van der Waals surface area (Å²) in [5, 5.41) is 9.12. The van der Waals surface area contributed by atoms with E-state index in [1.54, 1.807) is 0 Å². The van der Waals surface area contributed by atoms with Gasteiger partial charge in [-0.15, -0.1) is 0 Å². The lowest BCUT2D eigenvalue weighted by molar-refractivity contribution is -0.143. The number of ether oxygens (including phenoxy) is 1. The van der Waals surface area contributed by atoms with Crippen LogP contribution in [0, 0.1) is 11.8 Å².